The van der Waals surface area contributed by atoms with Crippen molar-refractivity contribution in [3.8, 4) is 0 Å². The summed E-state index contributed by atoms with van der Waals surface area (Å²) in [4.78, 5) is 11.0. The van der Waals surface area contributed by atoms with Gasteiger partial charge in [0.1, 0.15) is 0 Å². The van der Waals surface area contributed by atoms with Gasteiger partial charge in [0.25, 0.3) is 0 Å². The summed E-state index contributed by atoms with van der Waals surface area (Å²) < 4.78 is 10.0. The molecule has 1 heterocycles. The second-order valence-electron chi connectivity index (χ2n) is 3.48. The number of hydrogen-bond donors (Lipinski definition) is 0. The zero-order valence-electron chi connectivity index (χ0n) is 9.96. The van der Waals surface area contributed by atoms with E-state index in [1.165, 1.54) is 0 Å². The molecule has 4 heteroatoms. The van der Waals surface area contributed by atoms with E-state index in [1.807, 2.05) is 6.92 Å². The van der Waals surface area contributed by atoms with Crippen molar-refractivity contribution in [2.75, 3.05) is 19.8 Å². The molecule has 0 aromatic rings. The molecule has 0 saturated carbocycles. The van der Waals surface area contributed by atoms with Crippen LogP contribution in [0.4, 0.5) is 0 Å². The van der Waals surface area contributed by atoms with Gasteiger partial charge in [0.05, 0.1) is 13.2 Å². The molecule has 1 fully saturated rings. The van der Waals surface area contributed by atoms with E-state index >= 15 is 0 Å². The Morgan fingerprint density at radius 1 is 1.62 bits per heavy atom. The van der Waals surface area contributed by atoms with Crippen LogP contribution in [0, 0.1) is 19.9 Å². The molecule has 1 unspecified atom stereocenters. The van der Waals surface area contributed by atoms with Gasteiger partial charge < -0.3 is 23.5 Å². The van der Waals surface area contributed by atoms with Gasteiger partial charge in [-0.1, -0.05) is 0 Å². The predicted octanol–water partition coefficient (Wildman–Crippen LogP) is 2.17. The number of rotatable bonds is 5. The zero-order chi connectivity index (χ0) is 10.4. The third-order valence-corrected chi connectivity index (χ3v) is 2.35. The van der Waals surface area contributed by atoms with Gasteiger partial charge in [-0.15, -0.1) is 0 Å². The fourth-order valence-corrected chi connectivity index (χ4v) is 1.54. The Kier molecular flexibility index (Phi) is 11.3. The van der Waals surface area contributed by atoms with Crippen LogP contribution in [0.25, 0.3) is 0 Å². The van der Waals surface area contributed by atoms with Gasteiger partial charge in [-0.25, -0.2) is 5.57 Å². The average Bonchev–Trinajstić information content (AvgIpc) is 2.52. The normalized spacial score (nSPS) is 18.6. The molecule has 1 aliphatic heterocycles. The van der Waals surface area contributed by atoms with Gasteiger partial charge in [0.2, 0.25) is 0 Å². The van der Waals surface area contributed by atoms with Crippen LogP contribution in [0.1, 0.15) is 26.2 Å². The smallest absolute Gasteiger partial charge is 0.512 e. The van der Waals surface area contributed by atoms with Gasteiger partial charge in [0.15, 0.2) is 0 Å². The molecule has 0 amide bonds. The summed E-state index contributed by atoms with van der Waals surface area (Å²) in [6.07, 6.45) is 2.23. The third-order valence-electron chi connectivity index (χ3n) is 2.35. The van der Waals surface area contributed by atoms with Crippen LogP contribution in [-0.2, 0) is 33.7 Å². The number of carbonyl (C=O) groups is 1. The van der Waals surface area contributed by atoms with Gasteiger partial charge in [-0.2, -0.15) is 0 Å². The van der Waals surface area contributed by atoms with Crippen molar-refractivity contribution >= 4 is 5.97 Å². The molecule has 3 nitrogen and oxygen atoms in total. The molecular weight excluding hydrogens is 295 g/mol. The molecule has 1 aliphatic rings. The first kappa shape index (κ1) is 18.2. The van der Waals surface area contributed by atoms with Crippen molar-refractivity contribution in [2.24, 2.45) is 5.92 Å². The summed E-state index contributed by atoms with van der Waals surface area (Å²) >= 11 is 0. The minimum absolute atomic E-state index is 0. The summed E-state index contributed by atoms with van der Waals surface area (Å²) in [6.45, 7) is 9.28. The number of carbonyl (C=O) groups excluding carboxylic acids is 1. The van der Waals surface area contributed by atoms with Crippen molar-refractivity contribution in [1.29, 1.82) is 0 Å². The SMILES string of the molecule is [CH-]=C1COCC1CCCC(=O)OCC.[CH3-].[Rh+2]. The van der Waals surface area contributed by atoms with E-state index < -0.39 is 0 Å². The van der Waals surface area contributed by atoms with Crippen LogP contribution < -0.4 is 0 Å². The second-order valence-corrected chi connectivity index (χ2v) is 3.48. The van der Waals surface area contributed by atoms with Crippen LogP contribution in [-0.4, -0.2) is 25.8 Å². The molecule has 0 spiro atoms. The maximum Gasteiger partial charge on any atom is 2.00 e. The average molecular weight is 315 g/mol. The molecule has 0 aromatic heterocycles. The standard InChI is InChI=1S/C11H17O3.CH3.Rh/c1-3-14-11(12)6-4-5-10-8-13-7-9(10)2;;/h2,10H,3-8H2,1H3;1H3;/q2*-1;+2. The van der Waals surface area contributed by atoms with Crippen molar-refractivity contribution in [3.05, 3.63) is 19.6 Å². The Morgan fingerprint density at radius 2 is 2.31 bits per heavy atom. The van der Waals surface area contributed by atoms with Crippen molar-refractivity contribution in [3.63, 3.8) is 0 Å². The van der Waals surface area contributed by atoms with E-state index in [2.05, 4.69) is 0 Å². The van der Waals surface area contributed by atoms with Gasteiger partial charge in [-0.3, -0.25) is 4.79 Å². The molecule has 0 N–H and O–H groups in total. The zero-order valence-corrected chi connectivity index (χ0v) is 11.6. The molecule has 1 saturated heterocycles. The first-order valence-electron chi connectivity index (χ1n) is 5.08. The first-order valence-corrected chi connectivity index (χ1v) is 5.08. The summed E-state index contributed by atoms with van der Waals surface area (Å²) in [5.74, 6) is 0.217. The molecular formula is C12H20O3Rh. The quantitative estimate of drug-likeness (QED) is 0.443. The number of ether oxygens (including phenoxy) is 2. The van der Waals surface area contributed by atoms with Gasteiger partial charge in [-0.05, 0) is 25.7 Å². The maximum atomic E-state index is 11.0. The van der Waals surface area contributed by atoms with E-state index in [9.17, 15) is 4.79 Å². The predicted molar refractivity (Wildman–Crippen MR) is 59.0 cm³/mol. The topological polar surface area (TPSA) is 35.5 Å². The van der Waals surface area contributed by atoms with Crippen LogP contribution in [0.15, 0.2) is 5.57 Å². The van der Waals surface area contributed by atoms with Crippen molar-refractivity contribution in [1.82, 2.24) is 0 Å². The van der Waals surface area contributed by atoms with E-state index in [1.54, 1.807) is 0 Å². The largest absolute Gasteiger partial charge is 2.00 e. The fourth-order valence-electron chi connectivity index (χ4n) is 1.54. The molecule has 1 radical (unpaired) electrons. The summed E-state index contributed by atoms with van der Waals surface area (Å²) in [5, 5.41) is 0. The van der Waals surface area contributed by atoms with Crippen LogP contribution in [0.2, 0.25) is 0 Å². The van der Waals surface area contributed by atoms with E-state index in [0.717, 1.165) is 18.4 Å². The summed E-state index contributed by atoms with van der Waals surface area (Å²) in [6, 6.07) is 0. The summed E-state index contributed by atoms with van der Waals surface area (Å²) in [5.41, 5.74) is 0.911. The molecule has 0 bridgehead atoms. The Hall–Kier alpha value is -0.207. The minimum Gasteiger partial charge on any atom is -0.512 e. The van der Waals surface area contributed by atoms with Gasteiger partial charge in [0, 0.05) is 13.0 Å². The Bertz CT molecular complexity index is 216. The van der Waals surface area contributed by atoms with Crippen LogP contribution in [0.3, 0.4) is 0 Å². The Labute approximate surface area is 111 Å². The maximum absolute atomic E-state index is 11.0. The third kappa shape index (κ3) is 6.39. The monoisotopic (exact) mass is 315 g/mol. The second kappa shape index (κ2) is 9.98. The molecule has 0 aliphatic carbocycles. The van der Waals surface area contributed by atoms with Crippen molar-refractivity contribution < 1.29 is 33.7 Å². The van der Waals surface area contributed by atoms with E-state index in [-0.39, 0.29) is 32.9 Å². The Balaban J connectivity index is 0. The summed E-state index contributed by atoms with van der Waals surface area (Å²) in [7, 11) is 0. The van der Waals surface area contributed by atoms with Crippen molar-refractivity contribution in [2.45, 2.75) is 26.2 Å². The molecule has 16 heavy (non-hydrogen) atoms. The van der Waals surface area contributed by atoms with E-state index in [4.69, 9.17) is 16.1 Å². The molecule has 0 aromatic carbocycles. The first-order chi connectivity index (χ1) is 6.74. The molecule has 1 atom stereocenters. The van der Waals surface area contributed by atoms with E-state index in [0.29, 0.717) is 32.2 Å². The van der Waals surface area contributed by atoms with Gasteiger partial charge >= 0.3 is 25.4 Å². The minimum atomic E-state index is -0.120. The Morgan fingerprint density at radius 3 is 2.81 bits per heavy atom. The number of esters is 1. The number of hydrogen-bond acceptors (Lipinski definition) is 3. The van der Waals surface area contributed by atoms with Crippen LogP contribution in [0.5, 0.6) is 0 Å². The fraction of sp³-hybridized carbons (Fsp3) is 0.667. The van der Waals surface area contributed by atoms with Crippen LogP contribution >= 0.6 is 0 Å². The molecule has 1 rings (SSSR count). The molecule has 95 valence electrons.